The van der Waals surface area contributed by atoms with E-state index in [2.05, 4.69) is 48.6 Å². The number of ether oxygens (including phenoxy) is 1. The minimum atomic E-state index is 0.221. The molecule has 0 aliphatic carbocycles. The zero-order valence-electron chi connectivity index (χ0n) is 13.3. The lowest BCUT2D eigenvalue weighted by molar-refractivity contribution is 0.190. The van der Waals surface area contributed by atoms with E-state index in [1.807, 2.05) is 24.3 Å². The van der Waals surface area contributed by atoms with Crippen LogP contribution in [-0.2, 0) is 4.74 Å². The molecule has 3 aromatic rings. The van der Waals surface area contributed by atoms with Gasteiger partial charge < -0.3 is 10.1 Å². The van der Waals surface area contributed by atoms with Crippen molar-refractivity contribution in [1.29, 1.82) is 0 Å². The second-order valence-corrected chi connectivity index (χ2v) is 6.43. The van der Waals surface area contributed by atoms with Crippen LogP contribution in [0.5, 0.6) is 0 Å². The molecular formula is C19H20N2OS. The summed E-state index contributed by atoms with van der Waals surface area (Å²) in [5.74, 6) is 0. The third kappa shape index (κ3) is 3.78. The van der Waals surface area contributed by atoms with Gasteiger partial charge in [0, 0.05) is 18.7 Å². The Labute approximate surface area is 141 Å². The van der Waals surface area contributed by atoms with Gasteiger partial charge >= 0.3 is 0 Å². The molecular weight excluding hydrogens is 304 g/mol. The predicted molar refractivity (Wildman–Crippen MR) is 97.9 cm³/mol. The van der Waals surface area contributed by atoms with Gasteiger partial charge in [-0.05, 0) is 12.5 Å². The smallest absolute Gasteiger partial charge is 0.184 e. The summed E-state index contributed by atoms with van der Waals surface area (Å²) in [6.45, 7) is 2.75. The van der Waals surface area contributed by atoms with E-state index >= 15 is 0 Å². The van der Waals surface area contributed by atoms with Gasteiger partial charge in [-0.25, -0.2) is 4.98 Å². The van der Waals surface area contributed by atoms with Gasteiger partial charge in [0.2, 0.25) is 0 Å². The van der Waals surface area contributed by atoms with Crippen molar-refractivity contribution in [2.75, 3.05) is 19.0 Å². The molecule has 118 valence electrons. The van der Waals surface area contributed by atoms with Gasteiger partial charge in [0.15, 0.2) is 5.13 Å². The van der Waals surface area contributed by atoms with Crippen LogP contribution in [-0.4, -0.2) is 24.7 Å². The summed E-state index contributed by atoms with van der Waals surface area (Å²) in [5, 5.41) is 4.35. The monoisotopic (exact) mass is 324 g/mol. The highest BCUT2D eigenvalue weighted by atomic mass is 32.1. The van der Waals surface area contributed by atoms with Crippen molar-refractivity contribution in [2.45, 2.75) is 13.0 Å². The van der Waals surface area contributed by atoms with Crippen molar-refractivity contribution in [3.05, 3.63) is 60.7 Å². The van der Waals surface area contributed by atoms with Crippen LogP contribution in [0, 0.1) is 0 Å². The van der Waals surface area contributed by atoms with Gasteiger partial charge in [-0.1, -0.05) is 72.0 Å². The minimum Gasteiger partial charge on any atom is -0.383 e. The molecule has 0 aliphatic heterocycles. The normalized spacial score (nSPS) is 12.1. The van der Waals surface area contributed by atoms with Gasteiger partial charge in [0.05, 0.1) is 17.2 Å². The van der Waals surface area contributed by atoms with E-state index < -0.39 is 0 Å². The summed E-state index contributed by atoms with van der Waals surface area (Å²) in [4.78, 5) is 6.02. The van der Waals surface area contributed by atoms with Gasteiger partial charge in [-0.3, -0.25) is 0 Å². The first-order chi connectivity index (χ1) is 11.3. The molecule has 0 spiro atoms. The van der Waals surface area contributed by atoms with E-state index in [0.717, 1.165) is 16.4 Å². The number of hydrogen-bond acceptors (Lipinski definition) is 4. The molecule has 1 heterocycles. The molecule has 3 rings (SSSR count). The number of nitrogens with zero attached hydrogens (tertiary/aromatic N) is 1. The van der Waals surface area contributed by atoms with Crippen molar-refractivity contribution in [1.82, 2.24) is 4.98 Å². The highest BCUT2D eigenvalue weighted by Crippen LogP contribution is 2.39. The fourth-order valence-corrected chi connectivity index (χ4v) is 3.57. The molecule has 1 atom stereocenters. The number of aromatic nitrogens is 1. The number of hydrogen-bond donors (Lipinski definition) is 1. The maximum Gasteiger partial charge on any atom is 0.184 e. The molecule has 0 unspecified atom stereocenters. The van der Waals surface area contributed by atoms with Crippen LogP contribution in [0.4, 0.5) is 5.13 Å². The maximum atomic E-state index is 5.20. The summed E-state index contributed by atoms with van der Waals surface area (Å²) in [7, 11) is 1.71. The zero-order valence-corrected chi connectivity index (χ0v) is 14.1. The Morgan fingerprint density at radius 3 is 2.22 bits per heavy atom. The minimum absolute atomic E-state index is 0.221. The standard InChI is InChI=1S/C19H20N2OS/c1-14(13-22-2)20-19-21-17(15-9-5-3-6-10-15)18(23-19)16-11-7-4-8-12-16/h3-12,14H,13H2,1-2H3,(H,20,21)/t14-/m1/s1. The van der Waals surface area contributed by atoms with Gasteiger partial charge in [-0.2, -0.15) is 0 Å². The summed E-state index contributed by atoms with van der Waals surface area (Å²) in [6, 6.07) is 20.9. The van der Waals surface area contributed by atoms with E-state index in [1.165, 1.54) is 10.4 Å². The fraction of sp³-hybridized carbons (Fsp3) is 0.211. The van der Waals surface area contributed by atoms with Crippen LogP contribution in [0.2, 0.25) is 0 Å². The molecule has 3 nitrogen and oxygen atoms in total. The molecule has 1 aromatic heterocycles. The van der Waals surface area contributed by atoms with Crippen LogP contribution in [0.3, 0.4) is 0 Å². The molecule has 0 saturated heterocycles. The first-order valence-corrected chi connectivity index (χ1v) is 8.46. The van der Waals surface area contributed by atoms with Gasteiger partial charge in [0.1, 0.15) is 0 Å². The van der Waals surface area contributed by atoms with Crippen LogP contribution in [0.1, 0.15) is 6.92 Å². The highest BCUT2D eigenvalue weighted by molar-refractivity contribution is 7.19. The van der Waals surface area contributed by atoms with Crippen molar-refractivity contribution in [3.8, 4) is 21.7 Å². The van der Waals surface area contributed by atoms with Gasteiger partial charge in [0.25, 0.3) is 0 Å². The number of thiazole rings is 1. The largest absolute Gasteiger partial charge is 0.383 e. The molecule has 0 bridgehead atoms. The van der Waals surface area contributed by atoms with Crippen LogP contribution in [0.15, 0.2) is 60.7 Å². The molecule has 0 amide bonds. The average molecular weight is 324 g/mol. The fourth-order valence-electron chi connectivity index (χ4n) is 2.46. The summed E-state index contributed by atoms with van der Waals surface area (Å²) in [5.41, 5.74) is 3.35. The highest BCUT2D eigenvalue weighted by Gasteiger charge is 2.15. The number of anilines is 1. The van der Waals surface area contributed by atoms with E-state index in [-0.39, 0.29) is 6.04 Å². The molecule has 0 saturated carbocycles. The Bertz CT molecular complexity index is 684. The number of benzene rings is 2. The number of rotatable bonds is 6. The maximum absolute atomic E-state index is 5.20. The lowest BCUT2D eigenvalue weighted by Crippen LogP contribution is -2.20. The van der Waals surface area contributed by atoms with Crippen LogP contribution >= 0.6 is 11.3 Å². The summed E-state index contributed by atoms with van der Waals surface area (Å²) < 4.78 is 5.20. The van der Waals surface area contributed by atoms with Crippen molar-refractivity contribution in [2.24, 2.45) is 0 Å². The Hall–Kier alpha value is -2.17. The molecule has 1 N–H and O–H groups in total. The summed E-state index contributed by atoms with van der Waals surface area (Å²) >= 11 is 1.68. The first kappa shape index (κ1) is 15.7. The van der Waals surface area contributed by atoms with Crippen molar-refractivity contribution < 1.29 is 4.74 Å². The van der Waals surface area contributed by atoms with Crippen molar-refractivity contribution >= 4 is 16.5 Å². The first-order valence-electron chi connectivity index (χ1n) is 7.65. The Morgan fingerprint density at radius 1 is 1.00 bits per heavy atom. The third-order valence-electron chi connectivity index (χ3n) is 3.50. The molecule has 0 fully saturated rings. The van der Waals surface area contributed by atoms with Gasteiger partial charge in [-0.15, -0.1) is 0 Å². The lowest BCUT2D eigenvalue weighted by atomic mass is 10.1. The number of nitrogens with one attached hydrogen (secondary N) is 1. The van der Waals surface area contributed by atoms with Crippen LogP contribution in [0.25, 0.3) is 21.7 Å². The molecule has 2 aromatic carbocycles. The Balaban J connectivity index is 2.01. The quantitative estimate of drug-likeness (QED) is 0.698. The SMILES string of the molecule is COC[C@@H](C)Nc1nc(-c2ccccc2)c(-c2ccccc2)s1. The second-order valence-electron chi connectivity index (χ2n) is 5.43. The Morgan fingerprint density at radius 2 is 1.61 bits per heavy atom. The Kier molecular flexibility index (Phi) is 5.05. The lowest BCUT2D eigenvalue weighted by Gasteiger charge is -2.10. The molecule has 0 radical (unpaired) electrons. The third-order valence-corrected chi connectivity index (χ3v) is 4.53. The predicted octanol–water partition coefficient (Wildman–Crippen LogP) is 4.92. The molecule has 4 heteroatoms. The van der Waals surface area contributed by atoms with Crippen molar-refractivity contribution in [3.63, 3.8) is 0 Å². The van der Waals surface area contributed by atoms with E-state index in [4.69, 9.17) is 9.72 Å². The summed E-state index contributed by atoms with van der Waals surface area (Å²) in [6.07, 6.45) is 0. The molecule has 23 heavy (non-hydrogen) atoms. The van der Waals surface area contributed by atoms with Crippen LogP contribution < -0.4 is 5.32 Å². The average Bonchev–Trinajstić information content (AvgIpc) is 3.00. The van der Waals surface area contributed by atoms with E-state index in [0.29, 0.717) is 6.61 Å². The van der Waals surface area contributed by atoms with E-state index in [1.54, 1.807) is 18.4 Å². The zero-order chi connectivity index (χ0) is 16.1. The van der Waals surface area contributed by atoms with E-state index in [9.17, 15) is 0 Å². The molecule has 0 aliphatic rings. The second kappa shape index (κ2) is 7.40. The number of methoxy groups -OCH3 is 1. The topological polar surface area (TPSA) is 34.1 Å².